The molecule has 4 aromatic carbocycles. The van der Waals surface area contributed by atoms with Crippen LogP contribution in [0.25, 0.3) is 0 Å². The number of hydrogen-bond acceptors (Lipinski definition) is 0. The summed E-state index contributed by atoms with van der Waals surface area (Å²) in [6.07, 6.45) is 30.9. The summed E-state index contributed by atoms with van der Waals surface area (Å²) in [6, 6.07) is 34.3. The molecule has 4 heteroatoms. The summed E-state index contributed by atoms with van der Waals surface area (Å²) in [5.74, 6) is 0. The van der Waals surface area contributed by atoms with Crippen molar-refractivity contribution in [3.05, 3.63) is 179 Å². The van der Waals surface area contributed by atoms with E-state index >= 15 is 0 Å². The molecule has 0 bridgehead atoms. The SMILES string of the molecule is C[C](=[Zr+2])c1ccccc1.C[C](=[Zr+2])c1ccccc1.[C-]1=CC=CC1.[C-]1=CC=CC1.[Cl-].[Cl-].c1cc2c([cH-]1)CCCC2.c1cc2c([cH-]1)CCCC2. The fraction of sp³-hybridized carbons (Fsp3) is 0.273. The van der Waals surface area contributed by atoms with Gasteiger partial charge in [0.05, 0.1) is 0 Å². The maximum absolute atomic E-state index is 2.99. The molecule has 248 valence electrons. The summed E-state index contributed by atoms with van der Waals surface area (Å²) in [5.41, 5.74) is 9.14. The summed E-state index contributed by atoms with van der Waals surface area (Å²) in [7, 11) is 0. The minimum atomic E-state index is 0. The van der Waals surface area contributed by atoms with Crippen LogP contribution >= 0.6 is 0 Å². The molecule has 0 aliphatic heterocycles. The van der Waals surface area contributed by atoms with E-state index in [9.17, 15) is 0 Å². The summed E-state index contributed by atoms with van der Waals surface area (Å²) in [5, 5.41) is 0. The van der Waals surface area contributed by atoms with E-state index in [-0.39, 0.29) is 24.8 Å². The molecule has 0 heterocycles. The zero-order chi connectivity index (χ0) is 32.7. The molecule has 0 nitrogen and oxygen atoms in total. The Morgan fingerprint density at radius 3 is 1.17 bits per heavy atom. The van der Waals surface area contributed by atoms with Crippen LogP contribution in [0, 0.1) is 12.2 Å². The molecule has 48 heavy (non-hydrogen) atoms. The fourth-order valence-corrected chi connectivity index (χ4v) is 6.10. The van der Waals surface area contributed by atoms with Gasteiger partial charge in [-0.05, 0) is 0 Å². The Morgan fingerprint density at radius 2 is 0.917 bits per heavy atom. The van der Waals surface area contributed by atoms with Crippen molar-refractivity contribution >= 4 is 6.41 Å². The molecule has 0 fully saturated rings. The zero-order valence-corrected chi connectivity index (χ0v) is 35.0. The number of aryl methyl sites for hydroxylation is 4. The first-order chi connectivity index (χ1) is 22.5. The number of hydrogen-bond donors (Lipinski definition) is 0. The van der Waals surface area contributed by atoms with E-state index in [1.807, 2.05) is 36.4 Å². The van der Waals surface area contributed by atoms with E-state index in [1.54, 1.807) is 22.3 Å². The van der Waals surface area contributed by atoms with Gasteiger partial charge in [0.2, 0.25) is 0 Å². The molecule has 8 rings (SSSR count). The number of allylic oxidation sites excluding steroid dienone is 8. The largest absolute Gasteiger partial charge is 1.00 e. The van der Waals surface area contributed by atoms with Crippen molar-refractivity contribution in [2.75, 3.05) is 0 Å². The molecule has 0 N–H and O–H groups in total. The van der Waals surface area contributed by atoms with Crippen LogP contribution in [-0.2, 0) is 74.2 Å². The predicted octanol–water partition coefficient (Wildman–Crippen LogP) is 4.74. The number of rotatable bonds is 2. The minimum Gasteiger partial charge on any atom is -1.00 e. The van der Waals surface area contributed by atoms with E-state index in [2.05, 4.69) is 123 Å². The Kier molecular flexibility index (Phi) is 25.7. The zero-order valence-electron chi connectivity index (χ0n) is 28.5. The normalized spacial score (nSPS) is 13.6. The second-order valence-corrected chi connectivity index (χ2v) is 15.2. The van der Waals surface area contributed by atoms with Crippen LogP contribution in [0.4, 0.5) is 0 Å². The van der Waals surface area contributed by atoms with Crippen molar-refractivity contribution in [1.29, 1.82) is 0 Å². The topological polar surface area (TPSA) is 0 Å². The van der Waals surface area contributed by atoms with Crippen molar-refractivity contribution in [2.24, 2.45) is 0 Å². The van der Waals surface area contributed by atoms with Crippen molar-refractivity contribution < 1.29 is 73.3 Å². The van der Waals surface area contributed by atoms with Crippen LogP contribution < -0.4 is 24.8 Å². The van der Waals surface area contributed by atoms with Crippen molar-refractivity contribution in [2.45, 2.75) is 78.1 Å². The molecular formula is C44H48Cl2Zr2-2. The molecule has 0 unspecified atom stereocenters. The smallest absolute Gasteiger partial charge is 0.0512 e. The third kappa shape index (κ3) is 18.8. The van der Waals surface area contributed by atoms with Gasteiger partial charge >= 0.3 is 141 Å². The third-order valence-electron chi connectivity index (χ3n) is 7.88. The first-order valence-corrected chi connectivity index (χ1v) is 19.1. The Balaban J connectivity index is 0.000000290. The summed E-state index contributed by atoms with van der Waals surface area (Å²) >= 11 is 3.01. The summed E-state index contributed by atoms with van der Waals surface area (Å²) in [4.78, 5) is 0. The number of fused-ring (bicyclic) bond motifs is 2. The molecule has 4 aliphatic carbocycles. The maximum Gasteiger partial charge on any atom is -0.0512 e. The van der Waals surface area contributed by atoms with Gasteiger partial charge in [0.1, 0.15) is 0 Å². The van der Waals surface area contributed by atoms with Gasteiger partial charge in [-0.1, -0.05) is 51.4 Å². The Bertz CT molecular complexity index is 1360. The molecule has 0 saturated heterocycles. The van der Waals surface area contributed by atoms with Crippen molar-refractivity contribution in [1.82, 2.24) is 0 Å². The molecule has 0 aromatic heterocycles. The van der Waals surface area contributed by atoms with Gasteiger partial charge in [-0.3, -0.25) is 12.2 Å². The molecule has 0 saturated carbocycles. The van der Waals surface area contributed by atoms with E-state index < -0.39 is 0 Å². The Morgan fingerprint density at radius 1 is 0.542 bits per heavy atom. The molecular weight excluding hydrogens is 782 g/mol. The van der Waals surface area contributed by atoms with Gasteiger partial charge in [-0.2, -0.15) is 58.7 Å². The van der Waals surface area contributed by atoms with Gasteiger partial charge in [0.15, 0.2) is 0 Å². The Labute approximate surface area is 333 Å². The predicted molar refractivity (Wildman–Crippen MR) is 193 cm³/mol. The molecule has 0 atom stereocenters. The first-order valence-electron chi connectivity index (χ1n) is 16.7. The number of halogens is 2. The molecule has 0 amide bonds. The van der Waals surface area contributed by atoms with Crippen molar-refractivity contribution in [3.8, 4) is 0 Å². The standard InChI is InChI=1S/2C9H11.2C8H8.2C5H5.2ClH.2Zr/c2*1-2-5-9-7-3-6-8(9)4-1;2*1-2-8-6-4-3-5-7-8;2*1-2-4-5-3-1;;;;/h2*3,6-7H,1-2,4-5H2;2*3-7H,1H3;2*1-3H,4H2;2*1H;;/q2*-1;;;2*-1;;;2*+2/p-2. The van der Waals surface area contributed by atoms with Crippen LogP contribution in [0.2, 0.25) is 0 Å². The average Bonchev–Trinajstić information content (AvgIpc) is 3.96. The van der Waals surface area contributed by atoms with Crippen LogP contribution in [0.3, 0.4) is 0 Å². The van der Waals surface area contributed by atoms with Crippen LogP contribution in [0.5, 0.6) is 0 Å². The average molecular weight is 830 g/mol. The van der Waals surface area contributed by atoms with Gasteiger partial charge in [-0.15, -0.1) is 12.8 Å². The Hall–Kier alpha value is -1.81. The van der Waals surface area contributed by atoms with Gasteiger partial charge in [0.25, 0.3) is 0 Å². The third-order valence-corrected chi connectivity index (χ3v) is 9.30. The summed E-state index contributed by atoms with van der Waals surface area (Å²) < 4.78 is 2.92. The van der Waals surface area contributed by atoms with E-state index in [0.29, 0.717) is 0 Å². The minimum absolute atomic E-state index is 0. The monoisotopic (exact) mass is 826 g/mol. The number of benzene rings is 2. The quantitative estimate of drug-likeness (QED) is 0.257. The molecule has 0 radical (unpaired) electrons. The van der Waals surface area contributed by atoms with Crippen LogP contribution in [0.15, 0.2) is 134 Å². The van der Waals surface area contributed by atoms with Gasteiger partial charge in [0, 0.05) is 0 Å². The first kappa shape index (κ1) is 44.2. The maximum atomic E-state index is 2.99. The molecule has 0 spiro atoms. The molecule has 4 aliphatic rings. The second kappa shape index (κ2) is 27.9. The summed E-state index contributed by atoms with van der Waals surface area (Å²) in [6.45, 7) is 4.32. The fourth-order valence-electron chi connectivity index (χ4n) is 5.28. The van der Waals surface area contributed by atoms with Gasteiger partial charge < -0.3 is 24.8 Å². The molecule has 4 aromatic rings. The van der Waals surface area contributed by atoms with Crippen molar-refractivity contribution in [3.63, 3.8) is 0 Å². The van der Waals surface area contributed by atoms with E-state index in [4.69, 9.17) is 0 Å². The van der Waals surface area contributed by atoms with Crippen LogP contribution in [-0.4, -0.2) is 6.41 Å². The van der Waals surface area contributed by atoms with E-state index in [1.165, 1.54) is 117 Å². The second-order valence-electron chi connectivity index (χ2n) is 11.6. The van der Waals surface area contributed by atoms with Gasteiger partial charge in [-0.25, -0.2) is 36.4 Å². The van der Waals surface area contributed by atoms with E-state index in [0.717, 1.165) is 12.8 Å². The van der Waals surface area contributed by atoms with Crippen LogP contribution in [0.1, 0.15) is 85.8 Å².